The molecule has 0 aliphatic heterocycles. The minimum atomic E-state index is -0.143. The number of nitrogens with one attached hydrogen (secondary N) is 1. The third-order valence-electron chi connectivity index (χ3n) is 1.54. The second-order valence-electron chi connectivity index (χ2n) is 2.90. The lowest BCUT2D eigenvalue weighted by atomic mass is 10.2. The summed E-state index contributed by atoms with van der Waals surface area (Å²) >= 11 is 0. The summed E-state index contributed by atoms with van der Waals surface area (Å²) in [5.41, 5.74) is 5.27. The third kappa shape index (κ3) is 6.12. The molecule has 1 amide bonds. The number of aliphatic hydroxyl groups is 1. The first kappa shape index (κ1) is 11.4. The van der Waals surface area contributed by atoms with Crippen LogP contribution in [0.15, 0.2) is 0 Å². The molecule has 0 rings (SSSR count). The Kier molecular flexibility index (Phi) is 6.70. The van der Waals surface area contributed by atoms with Gasteiger partial charge >= 0.3 is 0 Å². The zero-order valence-electron chi connectivity index (χ0n) is 7.55. The van der Waals surface area contributed by atoms with Gasteiger partial charge in [0.05, 0.1) is 6.61 Å². The number of hydrogen-bond donors (Lipinski definition) is 3. The van der Waals surface area contributed by atoms with Gasteiger partial charge in [-0.1, -0.05) is 0 Å². The van der Waals surface area contributed by atoms with E-state index in [1.54, 1.807) is 6.92 Å². The van der Waals surface area contributed by atoms with E-state index in [4.69, 9.17) is 10.8 Å². The Hall–Kier alpha value is -0.610. The summed E-state index contributed by atoms with van der Waals surface area (Å²) in [5, 5.41) is 11.3. The summed E-state index contributed by atoms with van der Waals surface area (Å²) in [6.45, 7) is 2.38. The fourth-order valence-electron chi connectivity index (χ4n) is 0.823. The van der Waals surface area contributed by atoms with Gasteiger partial charge in [0.25, 0.3) is 0 Å². The first-order chi connectivity index (χ1) is 5.70. The van der Waals surface area contributed by atoms with Gasteiger partial charge in [-0.25, -0.2) is 0 Å². The minimum absolute atomic E-state index is 0.00926. The van der Waals surface area contributed by atoms with Gasteiger partial charge in [0, 0.05) is 12.5 Å². The number of aliphatic hydroxyl groups excluding tert-OH is 1. The Morgan fingerprint density at radius 3 is 2.75 bits per heavy atom. The van der Waals surface area contributed by atoms with E-state index in [1.165, 1.54) is 0 Å². The number of carbonyl (C=O) groups excluding carboxylic acids is 1. The Bertz CT molecular complexity index is 128. The quantitative estimate of drug-likeness (QED) is 0.480. The summed E-state index contributed by atoms with van der Waals surface area (Å²) < 4.78 is 0. The van der Waals surface area contributed by atoms with Gasteiger partial charge in [-0.2, -0.15) is 0 Å². The molecule has 0 spiro atoms. The van der Waals surface area contributed by atoms with Crippen LogP contribution in [0.2, 0.25) is 0 Å². The summed E-state index contributed by atoms with van der Waals surface area (Å²) in [7, 11) is 0. The first-order valence-corrected chi connectivity index (χ1v) is 4.31. The highest BCUT2D eigenvalue weighted by Crippen LogP contribution is 1.93. The molecule has 0 heterocycles. The van der Waals surface area contributed by atoms with E-state index in [0.29, 0.717) is 13.0 Å². The molecule has 0 saturated heterocycles. The van der Waals surface area contributed by atoms with E-state index >= 15 is 0 Å². The van der Waals surface area contributed by atoms with Crippen LogP contribution < -0.4 is 11.1 Å². The maximum Gasteiger partial charge on any atom is 0.220 e. The fourth-order valence-corrected chi connectivity index (χ4v) is 0.823. The molecule has 0 aromatic heterocycles. The van der Waals surface area contributed by atoms with E-state index in [-0.39, 0.29) is 18.6 Å². The van der Waals surface area contributed by atoms with Crippen LogP contribution in [0.5, 0.6) is 0 Å². The van der Waals surface area contributed by atoms with Gasteiger partial charge in [-0.3, -0.25) is 4.79 Å². The van der Waals surface area contributed by atoms with Crippen LogP contribution in [0.4, 0.5) is 0 Å². The number of unbranched alkanes of at least 4 members (excludes halogenated alkanes) is 1. The molecule has 0 aliphatic rings. The number of hydrogen-bond acceptors (Lipinski definition) is 3. The molecule has 0 bridgehead atoms. The second-order valence-corrected chi connectivity index (χ2v) is 2.90. The molecule has 1 atom stereocenters. The Balaban J connectivity index is 3.33. The van der Waals surface area contributed by atoms with E-state index in [2.05, 4.69) is 5.32 Å². The van der Waals surface area contributed by atoms with Gasteiger partial charge in [0.1, 0.15) is 0 Å². The van der Waals surface area contributed by atoms with Crippen LogP contribution in [0.3, 0.4) is 0 Å². The van der Waals surface area contributed by atoms with Crippen LogP contribution in [0.25, 0.3) is 0 Å². The fraction of sp³-hybridized carbons (Fsp3) is 0.875. The lowest BCUT2D eigenvalue weighted by molar-refractivity contribution is -0.122. The highest BCUT2D eigenvalue weighted by molar-refractivity contribution is 5.76. The Morgan fingerprint density at radius 1 is 1.58 bits per heavy atom. The van der Waals surface area contributed by atoms with Crippen molar-refractivity contribution in [2.75, 3.05) is 13.2 Å². The molecule has 4 nitrogen and oxygen atoms in total. The predicted octanol–water partition coefficient (Wildman–Crippen LogP) is -0.388. The maximum absolute atomic E-state index is 11.0. The Morgan fingerprint density at radius 2 is 2.25 bits per heavy atom. The summed E-state index contributed by atoms with van der Waals surface area (Å²) in [6.07, 6.45) is 2.20. The Labute approximate surface area is 73.1 Å². The van der Waals surface area contributed by atoms with Gasteiger partial charge < -0.3 is 16.2 Å². The molecule has 0 aromatic rings. The van der Waals surface area contributed by atoms with Crippen LogP contribution in [-0.4, -0.2) is 30.2 Å². The van der Waals surface area contributed by atoms with Crippen LogP contribution in [0.1, 0.15) is 26.2 Å². The van der Waals surface area contributed by atoms with Gasteiger partial charge in [-0.15, -0.1) is 0 Å². The highest BCUT2D eigenvalue weighted by atomic mass is 16.3. The molecule has 0 aromatic carbocycles. The molecule has 1 unspecified atom stereocenters. The molecule has 0 saturated carbocycles. The molecule has 0 fully saturated rings. The number of nitrogens with two attached hydrogens (primary N) is 1. The van der Waals surface area contributed by atoms with E-state index in [0.717, 1.165) is 12.8 Å². The minimum Gasteiger partial charge on any atom is -0.394 e. The van der Waals surface area contributed by atoms with E-state index in [1.807, 2.05) is 0 Å². The number of rotatable bonds is 6. The average Bonchev–Trinajstić information content (AvgIpc) is 2.05. The summed E-state index contributed by atoms with van der Waals surface area (Å²) in [4.78, 5) is 11.0. The maximum atomic E-state index is 11.0. The van der Waals surface area contributed by atoms with Crippen molar-refractivity contribution in [3.05, 3.63) is 0 Å². The third-order valence-corrected chi connectivity index (χ3v) is 1.54. The van der Waals surface area contributed by atoms with Crippen LogP contribution >= 0.6 is 0 Å². The largest absolute Gasteiger partial charge is 0.394 e. The standard InChI is InChI=1S/C8H18N2O2/c1-7(6-11)10-8(12)4-2-3-5-9/h7,11H,2-6,9H2,1H3,(H,10,12). The topological polar surface area (TPSA) is 75.3 Å². The lowest BCUT2D eigenvalue weighted by Crippen LogP contribution is -2.34. The molecule has 4 heteroatoms. The monoisotopic (exact) mass is 174 g/mol. The zero-order chi connectivity index (χ0) is 9.40. The van der Waals surface area contributed by atoms with Crippen molar-refractivity contribution in [2.45, 2.75) is 32.2 Å². The van der Waals surface area contributed by atoms with Crippen molar-refractivity contribution in [1.82, 2.24) is 5.32 Å². The van der Waals surface area contributed by atoms with E-state index < -0.39 is 0 Å². The van der Waals surface area contributed by atoms with Crippen molar-refractivity contribution in [3.8, 4) is 0 Å². The normalized spacial score (nSPS) is 12.6. The molecule has 0 aliphatic carbocycles. The molecule has 4 N–H and O–H groups in total. The molecular weight excluding hydrogens is 156 g/mol. The van der Waals surface area contributed by atoms with Gasteiger partial charge in [-0.05, 0) is 26.3 Å². The molecule has 72 valence electrons. The molecule has 12 heavy (non-hydrogen) atoms. The van der Waals surface area contributed by atoms with Gasteiger partial charge in [0.15, 0.2) is 0 Å². The van der Waals surface area contributed by atoms with Crippen molar-refractivity contribution < 1.29 is 9.90 Å². The highest BCUT2D eigenvalue weighted by Gasteiger charge is 2.04. The SMILES string of the molecule is CC(CO)NC(=O)CCCCN. The zero-order valence-corrected chi connectivity index (χ0v) is 7.55. The van der Waals surface area contributed by atoms with Crippen molar-refractivity contribution in [1.29, 1.82) is 0 Å². The van der Waals surface area contributed by atoms with E-state index in [9.17, 15) is 4.79 Å². The molecule has 0 radical (unpaired) electrons. The lowest BCUT2D eigenvalue weighted by Gasteiger charge is -2.09. The first-order valence-electron chi connectivity index (χ1n) is 4.31. The summed E-state index contributed by atoms with van der Waals surface area (Å²) in [5.74, 6) is -0.00926. The summed E-state index contributed by atoms with van der Waals surface area (Å²) in [6, 6.07) is -0.143. The number of carbonyl (C=O) groups is 1. The van der Waals surface area contributed by atoms with Crippen LogP contribution in [0, 0.1) is 0 Å². The predicted molar refractivity (Wildman–Crippen MR) is 47.6 cm³/mol. The number of amides is 1. The average molecular weight is 174 g/mol. The van der Waals surface area contributed by atoms with Crippen LogP contribution in [-0.2, 0) is 4.79 Å². The second kappa shape index (κ2) is 7.06. The van der Waals surface area contributed by atoms with Gasteiger partial charge in [0.2, 0.25) is 5.91 Å². The molecular formula is C8H18N2O2. The van der Waals surface area contributed by atoms with Crippen molar-refractivity contribution in [3.63, 3.8) is 0 Å². The van der Waals surface area contributed by atoms with Crippen molar-refractivity contribution >= 4 is 5.91 Å². The smallest absolute Gasteiger partial charge is 0.220 e. The van der Waals surface area contributed by atoms with Crippen molar-refractivity contribution in [2.24, 2.45) is 5.73 Å².